The van der Waals surface area contributed by atoms with E-state index in [9.17, 15) is 9.59 Å². The fourth-order valence-electron chi connectivity index (χ4n) is 2.68. The van der Waals surface area contributed by atoms with Gasteiger partial charge in [-0.2, -0.15) is 4.99 Å². The molecule has 2 amide bonds. The van der Waals surface area contributed by atoms with Crippen molar-refractivity contribution >= 4 is 45.5 Å². The molecule has 0 aliphatic carbocycles. The SMILES string of the molecule is CC1(C(=O)Nc2nnc(-c3cccs3)s2)CC(=O)N=C2C=CC=CN21. The molecule has 7 nitrogen and oxygen atoms in total. The van der Waals surface area contributed by atoms with Crippen LogP contribution in [0.2, 0.25) is 0 Å². The first kappa shape index (κ1) is 15.9. The van der Waals surface area contributed by atoms with Crippen molar-refractivity contribution in [3.05, 3.63) is 41.9 Å². The van der Waals surface area contributed by atoms with Crippen molar-refractivity contribution in [2.45, 2.75) is 18.9 Å². The number of fused-ring (bicyclic) bond motifs is 1. The van der Waals surface area contributed by atoms with E-state index in [1.165, 1.54) is 11.3 Å². The highest BCUT2D eigenvalue weighted by molar-refractivity contribution is 7.23. The molecule has 2 aliphatic rings. The van der Waals surface area contributed by atoms with E-state index in [-0.39, 0.29) is 18.2 Å². The number of amides is 2. The van der Waals surface area contributed by atoms with Crippen LogP contribution in [0.25, 0.3) is 9.88 Å². The van der Waals surface area contributed by atoms with Gasteiger partial charge in [0.25, 0.3) is 11.8 Å². The number of aromatic nitrogens is 2. The van der Waals surface area contributed by atoms with E-state index in [0.29, 0.717) is 11.0 Å². The number of anilines is 1. The third-order valence-corrected chi connectivity index (χ3v) is 5.85. The molecule has 0 radical (unpaired) electrons. The zero-order valence-electron chi connectivity index (χ0n) is 13.2. The van der Waals surface area contributed by atoms with E-state index < -0.39 is 5.54 Å². The van der Waals surface area contributed by atoms with Crippen LogP contribution >= 0.6 is 22.7 Å². The molecule has 1 atom stereocenters. The van der Waals surface area contributed by atoms with Gasteiger partial charge >= 0.3 is 0 Å². The number of amidine groups is 1. The molecular weight excluding hydrogens is 358 g/mol. The van der Waals surface area contributed by atoms with Crippen LogP contribution in [0.1, 0.15) is 13.3 Å². The van der Waals surface area contributed by atoms with Crippen molar-refractivity contribution in [3.63, 3.8) is 0 Å². The van der Waals surface area contributed by atoms with E-state index in [1.54, 1.807) is 47.6 Å². The maximum absolute atomic E-state index is 12.9. The Kier molecular flexibility index (Phi) is 3.81. The highest BCUT2D eigenvalue weighted by Crippen LogP contribution is 2.32. The molecule has 4 heterocycles. The molecule has 4 rings (SSSR count). The van der Waals surface area contributed by atoms with Gasteiger partial charge in [-0.1, -0.05) is 23.5 Å². The summed E-state index contributed by atoms with van der Waals surface area (Å²) < 4.78 is 0. The zero-order valence-corrected chi connectivity index (χ0v) is 14.8. The minimum Gasteiger partial charge on any atom is -0.317 e. The van der Waals surface area contributed by atoms with Gasteiger partial charge in [0, 0.05) is 6.20 Å². The molecule has 0 bridgehead atoms. The van der Waals surface area contributed by atoms with Gasteiger partial charge in [-0.15, -0.1) is 21.5 Å². The lowest BCUT2D eigenvalue weighted by molar-refractivity contribution is -0.130. The molecule has 2 aromatic rings. The van der Waals surface area contributed by atoms with Crippen LogP contribution in [0.4, 0.5) is 5.13 Å². The largest absolute Gasteiger partial charge is 0.317 e. The van der Waals surface area contributed by atoms with Gasteiger partial charge in [-0.25, -0.2) is 0 Å². The smallest absolute Gasteiger partial charge is 0.252 e. The molecule has 9 heteroatoms. The molecule has 2 aliphatic heterocycles. The molecule has 1 N–H and O–H groups in total. The van der Waals surface area contributed by atoms with Crippen LogP contribution in [0.15, 0.2) is 46.9 Å². The first-order valence-electron chi connectivity index (χ1n) is 7.51. The monoisotopic (exact) mass is 371 g/mol. The number of thiophene rings is 1. The maximum Gasteiger partial charge on any atom is 0.252 e. The lowest BCUT2D eigenvalue weighted by atomic mass is 9.91. The number of carbonyl (C=O) groups is 2. The third kappa shape index (κ3) is 2.81. The maximum atomic E-state index is 12.9. The summed E-state index contributed by atoms with van der Waals surface area (Å²) in [6.07, 6.45) is 7.05. The van der Waals surface area contributed by atoms with Crippen LogP contribution in [-0.2, 0) is 9.59 Å². The minimum atomic E-state index is -1.07. The predicted octanol–water partition coefficient (Wildman–Crippen LogP) is 2.68. The molecule has 0 saturated heterocycles. The second kappa shape index (κ2) is 6.01. The second-order valence-corrected chi connectivity index (χ2v) is 7.65. The van der Waals surface area contributed by atoms with E-state index >= 15 is 0 Å². The second-order valence-electron chi connectivity index (χ2n) is 5.73. The molecule has 1 unspecified atom stereocenters. The Morgan fingerprint density at radius 2 is 2.24 bits per heavy atom. The van der Waals surface area contributed by atoms with Crippen LogP contribution in [0, 0.1) is 0 Å². The lowest BCUT2D eigenvalue weighted by Gasteiger charge is -2.41. The number of rotatable bonds is 3. The summed E-state index contributed by atoms with van der Waals surface area (Å²) in [7, 11) is 0. The molecule has 2 aromatic heterocycles. The van der Waals surface area contributed by atoms with Crippen LogP contribution in [-0.4, -0.2) is 38.3 Å². The number of allylic oxidation sites excluding steroid dienone is 2. The quantitative estimate of drug-likeness (QED) is 0.896. The Balaban J connectivity index is 1.58. The topological polar surface area (TPSA) is 87.5 Å². The Labute approximate surface area is 151 Å². The third-order valence-electron chi connectivity index (χ3n) is 3.97. The first-order chi connectivity index (χ1) is 12.1. The van der Waals surface area contributed by atoms with Crippen molar-refractivity contribution in [2.24, 2.45) is 4.99 Å². The van der Waals surface area contributed by atoms with Gasteiger partial charge in [0.1, 0.15) is 11.4 Å². The van der Waals surface area contributed by atoms with Gasteiger partial charge in [0.05, 0.1) is 11.3 Å². The van der Waals surface area contributed by atoms with Crippen LogP contribution < -0.4 is 5.32 Å². The van der Waals surface area contributed by atoms with Gasteiger partial charge in [0.15, 0.2) is 5.01 Å². The summed E-state index contributed by atoms with van der Waals surface area (Å²) >= 11 is 2.86. The Bertz CT molecular complexity index is 928. The average Bonchev–Trinajstić information content (AvgIpc) is 3.25. The van der Waals surface area contributed by atoms with Gasteiger partial charge in [-0.3, -0.25) is 14.9 Å². The number of nitrogens with zero attached hydrogens (tertiary/aromatic N) is 4. The number of aliphatic imine (C=N–C) groups is 1. The van der Waals surface area contributed by atoms with Crippen molar-refractivity contribution < 1.29 is 9.59 Å². The normalized spacial score (nSPS) is 21.9. The average molecular weight is 371 g/mol. The Morgan fingerprint density at radius 3 is 3.04 bits per heavy atom. The molecule has 0 saturated carbocycles. The molecule has 0 fully saturated rings. The zero-order chi connectivity index (χ0) is 17.4. The van der Waals surface area contributed by atoms with Crippen molar-refractivity contribution in [1.82, 2.24) is 15.1 Å². The minimum absolute atomic E-state index is 0.00288. The summed E-state index contributed by atoms with van der Waals surface area (Å²) in [4.78, 5) is 31.6. The molecule has 0 spiro atoms. The number of hydrogen-bond acceptors (Lipinski definition) is 7. The molecule has 126 valence electrons. The Morgan fingerprint density at radius 1 is 1.36 bits per heavy atom. The van der Waals surface area contributed by atoms with Crippen molar-refractivity contribution in [2.75, 3.05) is 5.32 Å². The summed E-state index contributed by atoms with van der Waals surface area (Å²) in [6, 6.07) is 3.89. The van der Waals surface area contributed by atoms with Gasteiger partial charge in [0.2, 0.25) is 5.13 Å². The van der Waals surface area contributed by atoms with Crippen LogP contribution in [0.3, 0.4) is 0 Å². The standard InChI is InChI=1S/C16H13N5O2S2/c1-16(9-12(22)17-11-6-2-3-7-21(11)16)14(23)18-15-20-19-13(25-15)10-5-4-8-24-10/h2-8H,9H2,1H3,(H,18,20,23). The van der Waals surface area contributed by atoms with Crippen molar-refractivity contribution in [1.29, 1.82) is 0 Å². The summed E-state index contributed by atoms with van der Waals surface area (Å²) in [5, 5.41) is 14.1. The highest BCUT2D eigenvalue weighted by Gasteiger charge is 2.45. The summed E-state index contributed by atoms with van der Waals surface area (Å²) in [5.74, 6) is -0.171. The summed E-state index contributed by atoms with van der Waals surface area (Å²) in [5.41, 5.74) is -1.07. The van der Waals surface area contributed by atoms with E-state index in [2.05, 4.69) is 20.5 Å². The van der Waals surface area contributed by atoms with Gasteiger partial charge in [-0.05, 0) is 30.5 Å². The number of hydrogen-bond donors (Lipinski definition) is 1. The number of carbonyl (C=O) groups excluding carboxylic acids is 2. The molecule has 0 aromatic carbocycles. The lowest BCUT2D eigenvalue weighted by Crippen LogP contribution is -2.58. The first-order valence-corrected chi connectivity index (χ1v) is 9.20. The van der Waals surface area contributed by atoms with E-state index in [4.69, 9.17) is 0 Å². The molecular formula is C16H13N5O2S2. The van der Waals surface area contributed by atoms with Crippen LogP contribution in [0.5, 0.6) is 0 Å². The predicted molar refractivity (Wildman–Crippen MR) is 97.4 cm³/mol. The number of nitrogens with one attached hydrogen (secondary N) is 1. The summed E-state index contributed by atoms with van der Waals surface area (Å²) in [6.45, 7) is 1.72. The molecule has 25 heavy (non-hydrogen) atoms. The fraction of sp³-hybridized carbons (Fsp3) is 0.188. The van der Waals surface area contributed by atoms with E-state index in [0.717, 1.165) is 9.88 Å². The Hall–Kier alpha value is -2.65. The fourth-order valence-corrected chi connectivity index (χ4v) is 4.22. The highest BCUT2D eigenvalue weighted by atomic mass is 32.1. The van der Waals surface area contributed by atoms with E-state index in [1.807, 2.05) is 17.5 Å². The van der Waals surface area contributed by atoms with Gasteiger partial charge < -0.3 is 4.90 Å². The van der Waals surface area contributed by atoms with Crippen molar-refractivity contribution in [3.8, 4) is 9.88 Å².